The molecule has 2 aromatic carbocycles. The summed E-state index contributed by atoms with van der Waals surface area (Å²) in [7, 11) is 0. The number of aromatic amines is 1. The normalized spacial score (nSPS) is 11.3. The van der Waals surface area contributed by atoms with Crippen molar-refractivity contribution < 1.29 is 0 Å². The highest BCUT2D eigenvalue weighted by atomic mass is 35.5. The van der Waals surface area contributed by atoms with E-state index in [1.807, 2.05) is 30.5 Å². The highest BCUT2D eigenvalue weighted by molar-refractivity contribution is 6.31. The number of nitrogens with one attached hydrogen (secondary N) is 2. The Labute approximate surface area is 188 Å². The SMILES string of the molecule is Cc1[nH]cnc1CN(CCCCNc1ccnc2cc(Cl)ccc12)Cc1ccccc1. The Kier molecular flexibility index (Phi) is 7.18. The van der Waals surface area contributed by atoms with E-state index in [1.165, 1.54) is 5.56 Å². The summed E-state index contributed by atoms with van der Waals surface area (Å²) < 4.78 is 0. The minimum Gasteiger partial charge on any atom is -0.384 e. The van der Waals surface area contributed by atoms with Crippen molar-refractivity contribution in [3.8, 4) is 0 Å². The van der Waals surface area contributed by atoms with Crippen LogP contribution >= 0.6 is 11.6 Å². The topological polar surface area (TPSA) is 56.8 Å². The lowest BCUT2D eigenvalue weighted by atomic mass is 10.1. The number of aryl methyl sites for hydroxylation is 1. The van der Waals surface area contributed by atoms with Crippen LogP contribution in [0.25, 0.3) is 10.9 Å². The van der Waals surface area contributed by atoms with Gasteiger partial charge in [-0.3, -0.25) is 9.88 Å². The molecule has 0 atom stereocenters. The first-order chi connectivity index (χ1) is 15.2. The number of hydrogen-bond donors (Lipinski definition) is 2. The van der Waals surface area contributed by atoms with Gasteiger partial charge in [0.2, 0.25) is 0 Å². The molecule has 4 aromatic rings. The van der Waals surface area contributed by atoms with Crippen molar-refractivity contribution in [2.45, 2.75) is 32.9 Å². The molecule has 0 spiro atoms. The number of pyridine rings is 1. The highest BCUT2D eigenvalue weighted by Gasteiger charge is 2.10. The van der Waals surface area contributed by atoms with E-state index >= 15 is 0 Å². The lowest BCUT2D eigenvalue weighted by Crippen LogP contribution is -2.25. The van der Waals surface area contributed by atoms with Crippen LogP contribution < -0.4 is 5.32 Å². The van der Waals surface area contributed by atoms with Gasteiger partial charge in [-0.25, -0.2) is 4.98 Å². The zero-order valence-corrected chi connectivity index (χ0v) is 18.6. The second-order valence-corrected chi connectivity index (χ2v) is 8.26. The molecule has 0 unspecified atom stereocenters. The number of H-pyrrole nitrogens is 1. The monoisotopic (exact) mass is 433 g/mol. The van der Waals surface area contributed by atoms with Crippen molar-refractivity contribution >= 4 is 28.2 Å². The molecule has 2 heterocycles. The minimum absolute atomic E-state index is 0.711. The third-order valence-electron chi connectivity index (χ3n) is 5.48. The van der Waals surface area contributed by atoms with Crippen LogP contribution in [-0.2, 0) is 13.1 Å². The molecule has 31 heavy (non-hydrogen) atoms. The van der Waals surface area contributed by atoms with Gasteiger partial charge in [0.1, 0.15) is 0 Å². The van der Waals surface area contributed by atoms with Gasteiger partial charge in [0.05, 0.1) is 17.5 Å². The van der Waals surface area contributed by atoms with Crippen molar-refractivity contribution in [1.29, 1.82) is 0 Å². The average Bonchev–Trinajstić information content (AvgIpc) is 3.18. The smallest absolute Gasteiger partial charge is 0.0925 e. The van der Waals surface area contributed by atoms with Gasteiger partial charge in [-0.2, -0.15) is 0 Å². The zero-order valence-electron chi connectivity index (χ0n) is 17.8. The number of hydrogen-bond acceptors (Lipinski definition) is 4. The second kappa shape index (κ2) is 10.4. The molecule has 0 amide bonds. The number of halogens is 1. The summed E-state index contributed by atoms with van der Waals surface area (Å²) in [5.74, 6) is 0. The molecule has 5 nitrogen and oxygen atoms in total. The molecule has 0 aliphatic rings. The van der Waals surface area contributed by atoms with Gasteiger partial charge in [0.15, 0.2) is 0 Å². The Morgan fingerprint density at radius 3 is 2.68 bits per heavy atom. The van der Waals surface area contributed by atoms with Gasteiger partial charge in [-0.15, -0.1) is 0 Å². The molecule has 0 fully saturated rings. The Balaban J connectivity index is 1.32. The van der Waals surface area contributed by atoms with Gasteiger partial charge in [0, 0.05) is 47.6 Å². The molecular formula is C25H28ClN5. The van der Waals surface area contributed by atoms with E-state index in [1.54, 1.807) is 6.33 Å². The predicted octanol–water partition coefficient (Wildman–Crippen LogP) is 5.81. The molecule has 0 aliphatic heterocycles. The maximum absolute atomic E-state index is 6.09. The highest BCUT2D eigenvalue weighted by Crippen LogP contribution is 2.24. The maximum atomic E-state index is 6.09. The van der Waals surface area contributed by atoms with Crippen LogP contribution in [0.1, 0.15) is 29.8 Å². The number of fused-ring (bicyclic) bond motifs is 1. The summed E-state index contributed by atoms with van der Waals surface area (Å²) in [5.41, 5.74) is 5.62. The Morgan fingerprint density at radius 1 is 1.00 bits per heavy atom. The molecule has 2 aromatic heterocycles. The third-order valence-corrected chi connectivity index (χ3v) is 5.71. The van der Waals surface area contributed by atoms with Crippen LogP contribution in [0.2, 0.25) is 5.02 Å². The minimum atomic E-state index is 0.711. The number of aromatic nitrogens is 3. The van der Waals surface area contributed by atoms with Crippen LogP contribution in [0.15, 0.2) is 67.1 Å². The zero-order chi connectivity index (χ0) is 21.5. The molecular weight excluding hydrogens is 406 g/mol. The fourth-order valence-electron chi connectivity index (χ4n) is 3.77. The Bertz CT molecular complexity index is 1110. The average molecular weight is 434 g/mol. The number of unbranched alkanes of at least 4 members (excludes halogenated alkanes) is 1. The van der Waals surface area contributed by atoms with E-state index in [4.69, 9.17) is 11.6 Å². The Morgan fingerprint density at radius 2 is 1.87 bits per heavy atom. The quantitative estimate of drug-likeness (QED) is 0.309. The number of nitrogens with zero attached hydrogens (tertiary/aromatic N) is 3. The van der Waals surface area contributed by atoms with Crippen LogP contribution in [0.5, 0.6) is 0 Å². The van der Waals surface area contributed by atoms with Crippen LogP contribution in [-0.4, -0.2) is 32.9 Å². The first-order valence-electron chi connectivity index (χ1n) is 10.7. The first kappa shape index (κ1) is 21.3. The maximum Gasteiger partial charge on any atom is 0.0925 e. The van der Waals surface area contributed by atoms with E-state index in [2.05, 4.69) is 62.4 Å². The molecule has 4 rings (SSSR count). The lowest BCUT2D eigenvalue weighted by Gasteiger charge is -2.22. The largest absolute Gasteiger partial charge is 0.384 e. The van der Waals surface area contributed by atoms with Crippen LogP contribution in [0, 0.1) is 6.92 Å². The summed E-state index contributed by atoms with van der Waals surface area (Å²) in [4.78, 5) is 14.6. The van der Waals surface area contributed by atoms with Gasteiger partial charge >= 0.3 is 0 Å². The van der Waals surface area contributed by atoms with Crippen molar-refractivity contribution in [3.63, 3.8) is 0 Å². The molecule has 0 saturated carbocycles. The van der Waals surface area contributed by atoms with Crippen molar-refractivity contribution in [1.82, 2.24) is 19.9 Å². The molecule has 0 bridgehead atoms. The fourth-order valence-corrected chi connectivity index (χ4v) is 3.94. The van der Waals surface area contributed by atoms with Crippen LogP contribution in [0.3, 0.4) is 0 Å². The predicted molar refractivity (Wildman–Crippen MR) is 128 cm³/mol. The third kappa shape index (κ3) is 5.84. The van der Waals surface area contributed by atoms with Crippen molar-refractivity contribution in [2.75, 3.05) is 18.4 Å². The molecule has 0 radical (unpaired) electrons. The van der Waals surface area contributed by atoms with Crippen molar-refractivity contribution in [3.05, 3.63) is 89.1 Å². The lowest BCUT2D eigenvalue weighted by molar-refractivity contribution is 0.249. The van der Waals surface area contributed by atoms with Crippen LogP contribution in [0.4, 0.5) is 5.69 Å². The molecule has 160 valence electrons. The number of imidazole rings is 1. The van der Waals surface area contributed by atoms with Gasteiger partial charge < -0.3 is 10.3 Å². The fraction of sp³-hybridized carbons (Fsp3) is 0.280. The standard InChI is InChI=1S/C25H28ClN5/c1-19-25(30-18-29-19)17-31(16-20-7-3-2-4-8-20)14-6-5-12-27-23-11-13-28-24-15-21(26)9-10-22(23)24/h2-4,7-11,13,15,18H,5-6,12,14,16-17H2,1H3,(H,27,28)(H,29,30). The summed E-state index contributed by atoms with van der Waals surface area (Å²) >= 11 is 6.09. The number of rotatable bonds is 10. The molecule has 6 heteroatoms. The van der Waals surface area contributed by atoms with Gasteiger partial charge in [-0.05, 0) is 56.1 Å². The molecule has 2 N–H and O–H groups in total. The van der Waals surface area contributed by atoms with E-state index in [9.17, 15) is 0 Å². The van der Waals surface area contributed by atoms with Gasteiger partial charge in [0.25, 0.3) is 0 Å². The number of anilines is 1. The van der Waals surface area contributed by atoms with E-state index < -0.39 is 0 Å². The summed E-state index contributed by atoms with van der Waals surface area (Å²) in [6.07, 6.45) is 5.80. The number of benzene rings is 2. The van der Waals surface area contributed by atoms with Gasteiger partial charge in [-0.1, -0.05) is 41.9 Å². The second-order valence-electron chi connectivity index (χ2n) is 7.82. The summed E-state index contributed by atoms with van der Waals surface area (Å²) in [6.45, 7) is 5.81. The first-order valence-corrected chi connectivity index (χ1v) is 11.1. The molecule has 0 saturated heterocycles. The molecule has 0 aliphatic carbocycles. The van der Waals surface area contributed by atoms with Crippen molar-refractivity contribution in [2.24, 2.45) is 0 Å². The van der Waals surface area contributed by atoms with E-state index in [0.29, 0.717) is 5.02 Å². The van der Waals surface area contributed by atoms with E-state index in [-0.39, 0.29) is 0 Å². The van der Waals surface area contributed by atoms with E-state index in [0.717, 1.165) is 67.0 Å². The summed E-state index contributed by atoms with van der Waals surface area (Å²) in [6, 6.07) is 18.5. The Hall–Kier alpha value is -2.89. The summed E-state index contributed by atoms with van der Waals surface area (Å²) in [5, 5.41) is 5.38.